The average Bonchev–Trinajstić information content (AvgIpc) is 2.50. The lowest BCUT2D eigenvalue weighted by Gasteiger charge is -2.20. The van der Waals surface area contributed by atoms with Gasteiger partial charge in [0, 0.05) is 29.6 Å². The molecule has 0 spiro atoms. The molecule has 2 aromatic carbocycles. The van der Waals surface area contributed by atoms with Crippen LogP contribution in [0.25, 0.3) is 0 Å². The predicted octanol–water partition coefficient (Wildman–Crippen LogP) is 5.08. The van der Waals surface area contributed by atoms with Gasteiger partial charge in [-0.1, -0.05) is 24.6 Å². The zero-order valence-electron chi connectivity index (χ0n) is 12.2. The summed E-state index contributed by atoms with van der Waals surface area (Å²) in [5.74, 6) is -5.72. The van der Waals surface area contributed by atoms with Crippen molar-refractivity contribution >= 4 is 11.9 Å². The van der Waals surface area contributed by atoms with E-state index in [1.807, 2.05) is 38.1 Å². The third kappa shape index (κ3) is 3.81. The molecule has 0 bridgehead atoms. The Morgan fingerprint density at radius 1 is 0.955 bits per heavy atom. The molecule has 0 aliphatic carbocycles. The lowest BCUT2D eigenvalue weighted by molar-refractivity contribution is 0.401. The highest BCUT2D eigenvalue weighted by Crippen LogP contribution is 2.27. The second kappa shape index (κ2) is 7.15. The molecule has 0 fully saturated rings. The van der Waals surface area contributed by atoms with Gasteiger partial charge in [-0.3, -0.25) is 0 Å². The lowest BCUT2D eigenvalue weighted by atomic mass is 10.2. The molecule has 0 unspecified atom stereocenters. The van der Waals surface area contributed by atoms with Gasteiger partial charge in [0.1, 0.15) is 5.82 Å². The van der Waals surface area contributed by atoms with Gasteiger partial charge in [-0.2, -0.15) is 0 Å². The largest absolute Gasteiger partial charge is 0.242 e. The van der Waals surface area contributed by atoms with Crippen LogP contribution < -0.4 is 0 Å². The van der Waals surface area contributed by atoms with E-state index in [1.165, 1.54) is 11.9 Å². The SMILES string of the molecule is CCN(Cc1c(F)cc(F)c(F)c1F)Sc1ccc(C)cc1. The first-order valence-corrected chi connectivity index (χ1v) is 7.51. The molecule has 0 radical (unpaired) electrons. The van der Waals surface area contributed by atoms with Gasteiger partial charge >= 0.3 is 0 Å². The van der Waals surface area contributed by atoms with E-state index in [0.29, 0.717) is 12.6 Å². The van der Waals surface area contributed by atoms with Crippen LogP contribution in [0.2, 0.25) is 0 Å². The lowest BCUT2D eigenvalue weighted by Crippen LogP contribution is -2.17. The van der Waals surface area contributed by atoms with Crippen LogP contribution in [0.5, 0.6) is 0 Å². The summed E-state index contributed by atoms with van der Waals surface area (Å²) in [4.78, 5) is 0.899. The van der Waals surface area contributed by atoms with Gasteiger partial charge in [-0.25, -0.2) is 21.9 Å². The molecule has 0 aromatic heterocycles. The van der Waals surface area contributed by atoms with Crippen molar-refractivity contribution in [2.24, 2.45) is 0 Å². The summed E-state index contributed by atoms with van der Waals surface area (Å²) in [5, 5.41) is 0. The summed E-state index contributed by atoms with van der Waals surface area (Å²) in [6, 6.07) is 8.00. The Kier molecular flexibility index (Phi) is 5.47. The Morgan fingerprint density at radius 2 is 1.59 bits per heavy atom. The zero-order valence-corrected chi connectivity index (χ0v) is 13.0. The third-order valence-electron chi connectivity index (χ3n) is 3.15. The summed E-state index contributed by atoms with van der Waals surface area (Å²) < 4.78 is 55.3. The van der Waals surface area contributed by atoms with E-state index in [1.54, 1.807) is 4.31 Å². The number of nitrogens with zero attached hydrogens (tertiary/aromatic N) is 1. The summed E-state index contributed by atoms with van der Waals surface area (Å²) >= 11 is 1.30. The first-order chi connectivity index (χ1) is 10.4. The van der Waals surface area contributed by atoms with Crippen molar-refractivity contribution in [1.82, 2.24) is 4.31 Å². The molecule has 0 aliphatic heterocycles. The monoisotopic (exact) mass is 329 g/mol. The number of aryl methyl sites for hydroxylation is 1. The van der Waals surface area contributed by atoms with E-state index >= 15 is 0 Å². The molecule has 6 heteroatoms. The fourth-order valence-electron chi connectivity index (χ4n) is 1.88. The van der Waals surface area contributed by atoms with Gasteiger partial charge in [0.05, 0.1) is 0 Å². The Morgan fingerprint density at radius 3 is 2.18 bits per heavy atom. The Hall–Kier alpha value is -1.53. The van der Waals surface area contributed by atoms with Crippen LogP contribution in [0.1, 0.15) is 18.1 Å². The summed E-state index contributed by atoms with van der Waals surface area (Å²) in [6.07, 6.45) is 0. The third-order valence-corrected chi connectivity index (χ3v) is 4.28. The highest BCUT2D eigenvalue weighted by Gasteiger charge is 2.21. The van der Waals surface area contributed by atoms with Crippen molar-refractivity contribution in [3.63, 3.8) is 0 Å². The van der Waals surface area contributed by atoms with Crippen LogP contribution in [0.15, 0.2) is 35.2 Å². The van der Waals surface area contributed by atoms with Crippen LogP contribution in [-0.2, 0) is 6.54 Å². The number of hydrogen-bond donors (Lipinski definition) is 0. The molecule has 1 nitrogen and oxygen atoms in total. The van der Waals surface area contributed by atoms with Gasteiger partial charge in [-0.05, 0) is 31.0 Å². The minimum absolute atomic E-state index is 0.163. The van der Waals surface area contributed by atoms with Crippen molar-refractivity contribution in [1.29, 1.82) is 0 Å². The predicted molar refractivity (Wildman–Crippen MR) is 79.4 cm³/mol. The van der Waals surface area contributed by atoms with E-state index in [0.717, 1.165) is 10.5 Å². The Labute approximate surface area is 131 Å². The molecule has 0 amide bonds. The van der Waals surface area contributed by atoms with Crippen molar-refractivity contribution < 1.29 is 17.6 Å². The van der Waals surface area contributed by atoms with E-state index in [2.05, 4.69) is 0 Å². The highest BCUT2D eigenvalue weighted by molar-refractivity contribution is 7.97. The van der Waals surface area contributed by atoms with Gasteiger partial charge in [-0.15, -0.1) is 0 Å². The quantitative estimate of drug-likeness (QED) is 0.326. The van der Waals surface area contributed by atoms with Crippen molar-refractivity contribution in [3.05, 3.63) is 64.7 Å². The number of hydrogen-bond acceptors (Lipinski definition) is 2. The second-order valence-electron chi connectivity index (χ2n) is 4.81. The van der Waals surface area contributed by atoms with Crippen molar-refractivity contribution in [3.8, 4) is 0 Å². The topological polar surface area (TPSA) is 3.24 Å². The Bertz CT molecular complexity index is 658. The van der Waals surface area contributed by atoms with Crippen LogP contribution in [0.3, 0.4) is 0 Å². The molecule has 0 N–H and O–H groups in total. The molecule has 0 saturated carbocycles. The van der Waals surface area contributed by atoms with E-state index < -0.39 is 28.8 Å². The smallest absolute Gasteiger partial charge is 0.194 e. The Balaban J connectivity index is 2.20. The minimum atomic E-state index is -1.65. The molecule has 0 atom stereocenters. The zero-order chi connectivity index (χ0) is 16.3. The van der Waals surface area contributed by atoms with Gasteiger partial charge in [0.25, 0.3) is 0 Å². The minimum Gasteiger partial charge on any atom is -0.242 e. The summed E-state index contributed by atoms with van der Waals surface area (Å²) in [7, 11) is 0. The molecule has 118 valence electrons. The molecule has 0 saturated heterocycles. The first kappa shape index (κ1) is 16.8. The fraction of sp³-hybridized carbons (Fsp3) is 0.250. The fourth-order valence-corrected chi connectivity index (χ4v) is 2.76. The molecule has 2 rings (SSSR count). The maximum atomic E-state index is 13.7. The van der Waals surface area contributed by atoms with E-state index in [4.69, 9.17) is 0 Å². The van der Waals surface area contributed by atoms with Crippen LogP contribution in [0, 0.1) is 30.2 Å². The van der Waals surface area contributed by atoms with Gasteiger partial charge in [0.15, 0.2) is 17.5 Å². The second-order valence-corrected chi connectivity index (χ2v) is 5.98. The summed E-state index contributed by atoms with van der Waals surface area (Å²) in [6.45, 7) is 4.09. The first-order valence-electron chi connectivity index (χ1n) is 6.73. The van der Waals surface area contributed by atoms with E-state index in [-0.39, 0.29) is 6.54 Å². The molecule has 0 heterocycles. The van der Waals surface area contributed by atoms with Crippen LogP contribution in [-0.4, -0.2) is 10.8 Å². The van der Waals surface area contributed by atoms with Crippen molar-refractivity contribution in [2.75, 3.05) is 6.54 Å². The molecule has 2 aromatic rings. The standard InChI is InChI=1S/C16H15F4NS/c1-3-21(22-11-6-4-10(2)5-7-11)9-12-13(17)8-14(18)16(20)15(12)19/h4-8H,3,9H2,1-2H3. The number of rotatable bonds is 5. The van der Waals surface area contributed by atoms with Crippen LogP contribution in [0.4, 0.5) is 17.6 Å². The maximum absolute atomic E-state index is 13.7. The highest BCUT2D eigenvalue weighted by atomic mass is 32.2. The van der Waals surface area contributed by atoms with E-state index in [9.17, 15) is 17.6 Å². The normalized spacial score (nSPS) is 11.2. The molecular weight excluding hydrogens is 314 g/mol. The molecule has 22 heavy (non-hydrogen) atoms. The summed E-state index contributed by atoms with van der Waals surface area (Å²) in [5.41, 5.74) is 0.630. The maximum Gasteiger partial charge on any atom is 0.194 e. The molecular formula is C16H15F4NS. The number of benzene rings is 2. The van der Waals surface area contributed by atoms with Gasteiger partial charge in [0.2, 0.25) is 0 Å². The van der Waals surface area contributed by atoms with Crippen LogP contribution >= 0.6 is 11.9 Å². The van der Waals surface area contributed by atoms with Gasteiger partial charge < -0.3 is 0 Å². The van der Waals surface area contributed by atoms with Crippen molar-refractivity contribution in [2.45, 2.75) is 25.3 Å². The average molecular weight is 329 g/mol. The number of halogens is 4. The molecule has 0 aliphatic rings.